The van der Waals surface area contributed by atoms with Gasteiger partial charge in [0.1, 0.15) is 5.82 Å². The molecule has 3 rings (SSSR count). The van der Waals surface area contributed by atoms with Crippen LogP contribution in [0, 0.1) is 6.92 Å². The second kappa shape index (κ2) is 8.06. The minimum atomic E-state index is -0.111. The SMILES string of the molecule is CCc1cc(C(=O)N[C@H](CCSC)c2nc3ccccc3[nH]2)sc1C. The number of aromatic amines is 1. The van der Waals surface area contributed by atoms with Gasteiger partial charge in [0.05, 0.1) is 22.0 Å². The lowest BCUT2D eigenvalue weighted by Crippen LogP contribution is -2.29. The minimum Gasteiger partial charge on any atom is -0.341 e. The molecule has 0 bridgehead atoms. The number of thiophene rings is 1. The molecule has 0 radical (unpaired) electrons. The van der Waals surface area contributed by atoms with Gasteiger partial charge in [-0.15, -0.1) is 11.3 Å². The van der Waals surface area contributed by atoms with E-state index >= 15 is 0 Å². The van der Waals surface area contributed by atoms with E-state index in [1.54, 1.807) is 23.1 Å². The second-order valence-corrected chi connectivity index (χ2v) is 8.23. The number of amides is 1. The molecule has 6 heteroatoms. The number of aromatic nitrogens is 2. The van der Waals surface area contributed by atoms with Crippen LogP contribution in [0.15, 0.2) is 30.3 Å². The second-order valence-electron chi connectivity index (χ2n) is 5.99. The van der Waals surface area contributed by atoms with Gasteiger partial charge in [-0.3, -0.25) is 4.79 Å². The summed E-state index contributed by atoms with van der Waals surface area (Å²) in [6, 6.07) is 9.86. The molecular weight excluding hydrogens is 350 g/mol. The number of aryl methyl sites for hydroxylation is 2. The number of rotatable bonds is 7. The maximum atomic E-state index is 12.7. The highest BCUT2D eigenvalue weighted by Crippen LogP contribution is 2.24. The quantitative estimate of drug-likeness (QED) is 0.630. The van der Waals surface area contributed by atoms with E-state index in [-0.39, 0.29) is 11.9 Å². The largest absolute Gasteiger partial charge is 0.341 e. The maximum Gasteiger partial charge on any atom is 0.261 e. The third kappa shape index (κ3) is 4.07. The number of carbonyl (C=O) groups excluding carboxylic acids is 1. The van der Waals surface area contributed by atoms with Gasteiger partial charge in [0, 0.05) is 4.88 Å². The zero-order valence-electron chi connectivity index (χ0n) is 14.8. The summed E-state index contributed by atoms with van der Waals surface area (Å²) >= 11 is 3.34. The highest BCUT2D eigenvalue weighted by molar-refractivity contribution is 7.98. The predicted molar refractivity (Wildman–Crippen MR) is 108 cm³/mol. The zero-order chi connectivity index (χ0) is 17.8. The topological polar surface area (TPSA) is 57.8 Å². The fraction of sp³-hybridized carbons (Fsp3) is 0.368. The average Bonchev–Trinajstić information content (AvgIpc) is 3.21. The number of fused-ring (bicyclic) bond motifs is 1. The van der Waals surface area contributed by atoms with Crippen LogP contribution >= 0.6 is 23.1 Å². The Morgan fingerprint density at radius 3 is 2.88 bits per heavy atom. The normalized spacial score (nSPS) is 12.4. The van der Waals surface area contributed by atoms with Gasteiger partial charge in [0.2, 0.25) is 0 Å². The number of hydrogen-bond acceptors (Lipinski definition) is 4. The summed E-state index contributed by atoms with van der Waals surface area (Å²) in [5, 5.41) is 3.17. The first-order valence-electron chi connectivity index (χ1n) is 8.46. The molecule has 25 heavy (non-hydrogen) atoms. The highest BCUT2D eigenvalue weighted by atomic mass is 32.2. The molecular formula is C19H23N3OS2. The van der Waals surface area contributed by atoms with Crippen molar-refractivity contribution in [2.45, 2.75) is 32.7 Å². The lowest BCUT2D eigenvalue weighted by molar-refractivity contribution is 0.0938. The first kappa shape index (κ1) is 18.0. The summed E-state index contributed by atoms with van der Waals surface area (Å²) < 4.78 is 0. The average molecular weight is 374 g/mol. The maximum absolute atomic E-state index is 12.7. The van der Waals surface area contributed by atoms with Crippen LogP contribution in [-0.2, 0) is 6.42 Å². The smallest absolute Gasteiger partial charge is 0.261 e. The van der Waals surface area contributed by atoms with E-state index in [9.17, 15) is 4.79 Å². The fourth-order valence-corrected chi connectivity index (χ4v) is 4.35. The third-order valence-corrected chi connectivity index (χ3v) is 6.01. The predicted octanol–water partition coefficient (Wildman–Crippen LogP) is 4.72. The van der Waals surface area contributed by atoms with Gasteiger partial charge in [0.25, 0.3) is 5.91 Å². The molecule has 0 aliphatic carbocycles. The van der Waals surface area contributed by atoms with Crippen LogP contribution in [0.25, 0.3) is 11.0 Å². The Kier molecular flexibility index (Phi) is 5.81. The van der Waals surface area contributed by atoms with Crippen LogP contribution in [0.1, 0.15) is 45.3 Å². The first-order chi connectivity index (χ1) is 12.1. The van der Waals surface area contributed by atoms with Crippen molar-refractivity contribution in [1.82, 2.24) is 15.3 Å². The Morgan fingerprint density at radius 1 is 1.40 bits per heavy atom. The number of hydrogen-bond donors (Lipinski definition) is 2. The van der Waals surface area contributed by atoms with Gasteiger partial charge in [-0.1, -0.05) is 19.1 Å². The van der Waals surface area contributed by atoms with E-state index in [1.165, 1.54) is 10.4 Å². The zero-order valence-corrected chi connectivity index (χ0v) is 16.4. The summed E-state index contributed by atoms with van der Waals surface area (Å²) in [4.78, 5) is 22.8. The number of benzene rings is 1. The highest BCUT2D eigenvalue weighted by Gasteiger charge is 2.20. The molecule has 0 fully saturated rings. The van der Waals surface area contributed by atoms with Crippen molar-refractivity contribution in [2.24, 2.45) is 0 Å². The number of carbonyl (C=O) groups is 1. The Balaban J connectivity index is 1.83. The van der Waals surface area contributed by atoms with Crippen molar-refractivity contribution in [2.75, 3.05) is 12.0 Å². The van der Waals surface area contributed by atoms with E-state index in [1.807, 2.05) is 30.3 Å². The molecule has 4 nitrogen and oxygen atoms in total. The van der Waals surface area contributed by atoms with Gasteiger partial charge >= 0.3 is 0 Å². The molecule has 132 valence electrons. The molecule has 2 aromatic heterocycles. The van der Waals surface area contributed by atoms with Crippen LogP contribution in [-0.4, -0.2) is 27.9 Å². The summed E-state index contributed by atoms with van der Waals surface area (Å²) in [6.07, 6.45) is 3.88. The van der Waals surface area contributed by atoms with E-state index in [4.69, 9.17) is 0 Å². The van der Waals surface area contributed by atoms with Crippen LogP contribution in [0.5, 0.6) is 0 Å². The Bertz CT molecular complexity index is 836. The summed E-state index contributed by atoms with van der Waals surface area (Å²) in [5.41, 5.74) is 3.18. The number of thioether (sulfide) groups is 1. The molecule has 0 unspecified atom stereocenters. The number of nitrogens with zero attached hydrogens (tertiary/aromatic N) is 1. The summed E-state index contributed by atoms with van der Waals surface area (Å²) in [7, 11) is 0. The molecule has 2 N–H and O–H groups in total. The molecule has 0 aliphatic rings. The minimum absolute atomic E-state index is 0.0145. The van der Waals surface area contributed by atoms with Gasteiger partial charge in [0.15, 0.2) is 0 Å². The number of imidazole rings is 1. The Morgan fingerprint density at radius 2 is 2.20 bits per heavy atom. The molecule has 1 atom stereocenters. The lowest BCUT2D eigenvalue weighted by atomic mass is 10.2. The van der Waals surface area contributed by atoms with Gasteiger partial charge in [-0.25, -0.2) is 4.98 Å². The monoisotopic (exact) mass is 373 g/mol. The van der Waals surface area contributed by atoms with Crippen molar-refractivity contribution >= 4 is 40.0 Å². The molecule has 0 spiro atoms. The van der Waals surface area contributed by atoms with Crippen LogP contribution in [0.3, 0.4) is 0 Å². The summed E-state index contributed by atoms with van der Waals surface area (Å²) in [5.74, 6) is 1.78. The molecule has 0 saturated heterocycles. The van der Waals surface area contributed by atoms with Crippen molar-refractivity contribution in [1.29, 1.82) is 0 Å². The Labute approximate surface area is 156 Å². The molecule has 1 amide bonds. The fourth-order valence-electron chi connectivity index (χ4n) is 2.86. The first-order valence-corrected chi connectivity index (χ1v) is 10.7. The molecule has 3 aromatic rings. The van der Waals surface area contributed by atoms with Crippen LogP contribution in [0.4, 0.5) is 0 Å². The van der Waals surface area contributed by atoms with E-state index in [2.05, 4.69) is 35.4 Å². The van der Waals surface area contributed by atoms with Gasteiger partial charge in [-0.05, 0) is 55.5 Å². The standard InChI is InChI=1S/C19H23N3OS2/c1-4-13-11-17(25-12(13)2)19(23)22-16(9-10-24-3)18-20-14-7-5-6-8-15(14)21-18/h5-8,11,16H,4,9-10H2,1-3H3,(H,20,21)(H,22,23)/t16-/m1/s1. The van der Waals surface area contributed by atoms with Crippen LogP contribution in [0.2, 0.25) is 0 Å². The van der Waals surface area contributed by atoms with Crippen molar-refractivity contribution in [3.8, 4) is 0 Å². The number of nitrogens with one attached hydrogen (secondary N) is 2. The molecule has 2 heterocycles. The number of H-pyrrole nitrogens is 1. The van der Waals surface area contributed by atoms with Gasteiger partial charge < -0.3 is 10.3 Å². The van der Waals surface area contributed by atoms with Crippen molar-refractivity contribution < 1.29 is 4.79 Å². The number of para-hydroxylation sites is 2. The lowest BCUT2D eigenvalue weighted by Gasteiger charge is -2.15. The third-order valence-electron chi connectivity index (χ3n) is 4.28. The van der Waals surface area contributed by atoms with Crippen molar-refractivity contribution in [3.63, 3.8) is 0 Å². The van der Waals surface area contributed by atoms with Crippen molar-refractivity contribution in [3.05, 3.63) is 51.5 Å². The Hall–Kier alpha value is -1.79. The van der Waals surface area contributed by atoms with Crippen LogP contribution < -0.4 is 5.32 Å². The summed E-state index contributed by atoms with van der Waals surface area (Å²) in [6.45, 7) is 4.19. The molecule has 0 saturated carbocycles. The molecule has 1 aromatic carbocycles. The van der Waals surface area contributed by atoms with E-state index in [0.717, 1.165) is 40.3 Å². The van der Waals surface area contributed by atoms with Gasteiger partial charge in [-0.2, -0.15) is 11.8 Å². The molecule has 0 aliphatic heterocycles. The van der Waals surface area contributed by atoms with E-state index < -0.39 is 0 Å². The van der Waals surface area contributed by atoms with E-state index in [0.29, 0.717) is 0 Å².